The van der Waals surface area contributed by atoms with Crippen LogP contribution in [0.4, 0.5) is 0 Å². The van der Waals surface area contributed by atoms with Crippen LogP contribution in [0, 0.1) is 5.92 Å². The third-order valence-corrected chi connectivity index (χ3v) is 8.36. The highest BCUT2D eigenvalue weighted by Gasteiger charge is 2.22. The first kappa shape index (κ1) is 47.4. The van der Waals surface area contributed by atoms with E-state index < -0.39 is 38.6 Å². The standard InChI is InChI=1S/C40H67O9P/c1-4-6-7-8-9-10-11-12-13-14-18-21-25-30-37(41)31-26-23-28-32-39(42)47-34-38(35-48-50(44,45)46)49-40(43)33-27-22-19-16-15-17-20-24-29-36(3)5-2/h6-7,9-10,12-13,18,21,23,25-26,30,36-38,41H,4-5,8,11,14-17,19-20,22,24,27-29,31-35H2,1-3H3,(H2,44,45,46)/b7-6-,10-9-,13-12-,21-18-,26-23-,30-25-/t36?,37?,38-/m1/s1. The van der Waals surface area contributed by atoms with Gasteiger partial charge in [-0.2, -0.15) is 0 Å². The first-order valence-corrected chi connectivity index (χ1v) is 20.3. The first-order valence-electron chi connectivity index (χ1n) is 18.7. The van der Waals surface area contributed by atoms with Crippen molar-refractivity contribution < 1.29 is 43.0 Å². The number of hydrogen-bond acceptors (Lipinski definition) is 7. The van der Waals surface area contributed by atoms with Gasteiger partial charge in [0.25, 0.3) is 0 Å². The van der Waals surface area contributed by atoms with Gasteiger partial charge in [-0.05, 0) is 50.9 Å². The van der Waals surface area contributed by atoms with Crippen molar-refractivity contribution >= 4 is 19.8 Å². The molecule has 0 heterocycles. The van der Waals surface area contributed by atoms with Crippen LogP contribution in [0.2, 0.25) is 0 Å². The fourth-order valence-electron chi connectivity index (χ4n) is 4.69. The van der Waals surface area contributed by atoms with Crippen molar-refractivity contribution in [1.29, 1.82) is 0 Å². The van der Waals surface area contributed by atoms with Crippen molar-refractivity contribution in [2.45, 2.75) is 149 Å². The number of allylic oxidation sites excluding steroid dienone is 10. The molecule has 0 aliphatic rings. The van der Waals surface area contributed by atoms with Crippen molar-refractivity contribution in [3.63, 3.8) is 0 Å². The van der Waals surface area contributed by atoms with Gasteiger partial charge >= 0.3 is 19.8 Å². The summed E-state index contributed by atoms with van der Waals surface area (Å²) in [5.74, 6) is -0.269. The number of hydrogen-bond donors (Lipinski definition) is 3. The predicted molar refractivity (Wildman–Crippen MR) is 203 cm³/mol. The van der Waals surface area contributed by atoms with Crippen molar-refractivity contribution in [1.82, 2.24) is 0 Å². The van der Waals surface area contributed by atoms with E-state index in [4.69, 9.17) is 19.3 Å². The van der Waals surface area contributed by atoms with Gasteiger partial charge in [0.15, 0.2) is 6.10 Å². The number of ether oxygens (including phenoxy) is 2. The number of carbonyl (C=O) groups is 2. The van der Waals surface area contributed by atoms with Gasteiger partial charge in [-0.25, -0.2) is 4.57 Å². The van der Waals surface area contributed by atoms with Gasteiger partial charge in [0.05, 0.1) is 12.7 Å². The number of phosphoric acid groups is 1. The van der Waals surface area contributed by atoms with Crippen LogP contribution in [0.3, 0.4) is 0 Å². The zero-order chi connectivity index (χ0) is 37.1. The summed E-state index contributed by atoms with van der Waals surface area (Å²) in [6.07, 6.45) is 38.1. The molecule has 0 aromatic carbocycles. The molecule has 0 radical (unpaired) electrons. The smallest absolute Gasteiger partial charge is 0.462 e. The van der Waals surface area contributed by atoms with E-state index in [-0.39, 0.29) is 19.4 Å². The molecule has 9 nitrogen and oxygen atoms in total. The third-order valence-electron chi connectivity index (χ3n) is 7.87. The first-order chi connectivity index (χ1) is 24.1. The number of phosphoric ester groups is 1. The molecule has 10 heteroatoms. The van der Waals surface area contributed by atoms with Crippen LogP contribution >= 0.6 is 7.82 Å². The summed E-state index contributed by atoms with van der Waals surface area (Å²) in [7, 11) is -4.79. The normalized spacial score (nSPS) is 14.6. The fraction of sp³-hybridized carbons (Fsp3) is 0.650. The minimum Gasteiger partial charge on any atom is -0.462 e. The molecule has 0 bridgehead atoms. The van der Waals surface area contributed by atoms with E-state index in [1.165, 1.54) is 38.5 Å². The Balaban J connectivity index is 4.24. The van der Waals surface area contributed by atoms with Crippen LogP contribution in [-0.4, -0.2) is 52.3 Å². The maximum Gasteiger partial charge on any atom is 0.469 e. The number of esters is 2. The van der Waals surface area contributed by atoms with Crippen molar-refractivity contribution in [3.05, 3.63) is 72.9 Å². The van der Waals surface area contributed by atoms with Crippen LogP contribution in [0.1, 0.15) is 136 Å². The Bertz CT molecular complexity index is 1070. The third kappa shape index (κ3) is 35.3. The summed E-state index contributed by atoms with van der Waals surface area (Å²) in [5, 5.41) is 10.1. The monoisotopic (exact) mass is 722 g/mol. The Morgan fingerprint density at radius 3 is 1.92 bits per heavy atom. The van der Waals surface area contributed by atoms with E-state index in [1.54, 1.807) is 24.3 Å². The van der Waals surface area contributed by atoms with Gasteiger partial charge in [-0.3, -0.25) is 14.1 Å². The summed E-state index contributed by atoms with van der Waals surface area (Å²) in [4.78, 5) is 42.7. The van der Waals surface area contributed by atoms with Crippen LogP contribution < -0.4 is 0 Å². The lowest BCUT2D eigenvalue weighted by Crippen LogP contribution is -2.29. The Labute approximate surface area is 302 Å². The average molecular weight is 723 g/mol. The molecule has 0 aromatic heterocycles. The molecule has 0 saturated carbocycles. The van der Waals surface area contributed by atoms with Gasteiger partial charge in [0, 0.05) is 12.8 Å². The molecule has 0 aliphatic carbocycles. The van der Waals surface area contributed by atoms with Crippen molar-refractivity contribution in [3.8, 4) is 0 Å². The van der Waals surface area contributed by atoms with Gasteiger partial charge < -0.3 is 24.4 Å². The topological polar surface area (TPSA) is 140 Å². The minimum absolute atomic E-state index is 0.0578. The average Bonchev–Trinajstić information content (AvgIpc) is 3.08. The molecule has 0 amide bonds. The van der Waals surface area contributed by atoms with Gasteiger partial charge in [0.2, 0.25) is 0 Å². The molecule has 3 N–H and O–H groups in total. The van der Waals surface area contributed by atoms with Crippen molar-refractivity contribution in [2.24, 2.45) is 5.92 Å². The largest absolute Gasteiger partial charge is 0.469 e. The number of unbranched alkanes of at least 4 members (excludes halogenated alkanes) is 7. The SMILES string of the molecule is CC/C=C\C/C=C\C/C=C\C/C=C\C=C/C(O)C/C=C\CCC(=O)OC[C@H](COP(=O)(O)O)OC(=O)CCCCCCCCCCC(C)CC. The molecule has 0 fully saturated rings. The molecule has 50 heavy (non-hydrogen) atoms. The summed E-state index contributed by atoms with van der Waals surface area (Å²) in [6.45, 7) is 5.70. The molecule has 286 valence electrons. The number of rotatable bonds is 32. The lowest BCUT2D eigenvalue weighted by atomic mass is 9.99. The van der Waals surface area contributed by atoms with Gasteiger partial charge in [-0.1, -0.05) is 151 Å². The predicted octanol–water partition coefficient (Wildman–Crippen LogP) is 9.95. The molecule has 0 rings (SSSR count). The summed E-state index contributed by atoms with van der Waals surface area (Å²) in [6, 6.07) is 0. The minimum atomic E-state index is -4.79. The van der Waals surface area contributed by atoms with Crippen molar-refractivity contribution in [2.75, 3.05) is 13.2 Å². The van der Waals surface area contributed by atoms with Gasteiger partial charge in [0.1, 0.15) is 6.61 Å². The lowest BCUT2D eigenvalue weighted by Gasteiger charge is -2.18. The molecule has 0 aliphatic heterocycles. The zero-order valence-corrected chi connectivity index (χ0v) is 31.9. The number of carbonyl (C=O) groups excluding carboxylic acids is 2. The van der Waals surface area contributed by atoms with Gasteiger partial charge in [-0.15, -0.1) is 0 Å². The molecule has 3 atom stereocenters. The van der Waals surface area contributed by atoms with Crippen LogP contribution in [0.15, 0.2) is 72.9 Å². The Morgan fingerprint density at radius 1 is 0.700 bits per heavy atom. The zero-order valence-electron chi connectivity index (χ0n) is 31.0. The second-order valence-electron chi connectivity index (χ2n) is 12.6. The lowest BCUT2D eigenvalue weighted by molar-refractivity contribution is -0.161. The maximum atomic E-state index is 12.3. The highest BCUT2D eigenvalue weighted by molar-refractivity contribution is 7.46. The van der Waals surface area contributed by atoms with E-state index in [1.807, 2.05) is 12.2 Å². The second kappa shape index (κ2) is 33.6. The number of aliphatic hydroxyl groups is 1. The quantitative estimate of drug-likeness (QED) is 0.0203. The molecule has 0 saturated heterocycles. The fourth-order valence-corrected chi connectivity index (χ4v) is 5.05. The summed E-state index contributed by atoms with van der Waals surface area (Å²) in [5.41, 5.74) is 0. The van der Waals surface area contributed by atoms with E-state index >= 15 is 0 Å². The Morgan fingerprint density at radius 2 is 1.30 bits per heavy atom. The second-order valence-corrected chi connectivity index (χ2v) is 13.9. The van der Waals surface area contributed by atoms with E-state index in [0.29, 0.717) is 19.3 Å². The molecule has 0 aromatic rings. The molecule has 0 spiro atoms. The van der Waals surface area contributed by atoms with Crippen LogP contribution in [0.25, 0.3) is 0 Å². The van der Waals surface area contributed by atoms with E-state index in [9.17, 15) is 19.3 Å². The van der Waals surface area contributed by atoms with Crippen LogP contribution in [0.5, 0.6) is 0 Å². The Hall–Kier alpha value is -2.55. The van der Waals surface area contributed by atoms with E-state index in [0.717, 1.165) is 50.9 Å². The summed E-state index contributed by atoms with van der Waals surface area (Å²) < 4.78 is 26.2. The molecular weight excluding hydrogens is 655 g/mol. The highest BCUT2D eigenvalue weighted by atomic mass is 31.2. The molecular formula is C40H67O9P. The van der Waals surface area contributed by atoms with E-state index in [2.05, 4.69) is 61.8 Å². The highest BCUT2D eigenvalue weighted by Crippen LogP contribution is 2.36. The summed E-state index contributed by atoms with van der Waals surface area (Å²) >= 11 is 0. The number of aliphatic hydroxyl groups excluding tert-OH is 1. The Kier molecular flexibility index (Phi) is 31.9. The molecule has 2 unspecified atom stereocenters. The van der Waals surface area contributed by atoms with Crippen LogP contribution in [-0.2, 0) is 28.2 Å². The maximum absolute atomic E-state index is 12.3.